The number of hydrogen-bond donors (Lipinski definition) is 1. The first-order chi connectivity index (χ1) is 11.0. The van der Waals surface area contributed by atoms with Gasteiger partial charge in [0.05, 0.1) is 13.2 Å². The lowest BCUT2D eigenvalue weighted by molar-refractivity contribution is -0.117. The number of amides is 1. The van der Waals surface area contributed by atoms with E-state index in [-0.39, 0.29) is 17.7 Å². The molecule has 0 bridgehead atoms. The summed E-state index contributed by atoms with van der Waals surface area (Å²) in [4.78, 5) is 11.9. The summed E-state index contributed by atoms with van der Waals surface area (Å²) in [5.41, 5.74) is 1.60. The van der Waals surface area contributed by atoms with E-state index in [1.165, 1.54) is 25.3 Å². The molecule has 3 nitrogen and oxygen atoms in total. The highest BCUT2D eigenvalue weighted by Gasteiger charge is 2.07. The third kappa shape index (κ3) is 4.93. The van der Waals surface area contributed by atoms with Crippen LogP contribution in [-0.4, -0.2) is 13.0 Å². The summed E-state index contributed by atoms with van der Waals surface area (Å²) in [5, 5.41) is 2.86. The van der Waals surface area contributed by atoms with Crippen molar-refractivity contribution in [3.63, 3.8) is 0 Å². The number of hydrogen-bond acceptors (Lipinski definition) is 2. The summed E-state index contributed by atoms with van der Waals surface area (Å²) in [5.74, 6) is -0.523. The molecule has 1 N–H and O–H groups in total. The molecule has 0 saturated heterocycles. The second-order valence-electron chi connectivity index (χ2n) is 5.01. The number of nitrogens with one attached hydrogen (secondary N) is 1. The third-order valence-corrected chi connectivity index (χ3v) is 3.86. The van der Waals surface area contributed by atoms with Gasteiger partial charge in [-0.1, -0.05) is 34.1 Å². The highest BCUT2D eigenvalue weighted by molar-refractivity contribution is 9.10. The SMILES string of the molecule is COc1ccc(/C=C/C(=O)NC(C)c2ccc(Br)cc2)cc1F. The molecule has 2 rings (SSSR count). The Bertz CT molecular complexity index is 713. The normalized spacial score (nSPS) is 12.2. The Morgan fingerprint density at radius 1 is 1.26 bits per heavy atom. The minimum Gasteiger partial charge on any atom is -0.494 e. The summed E-state index contributed by atoms with van der Waals surface area (Å²) < 4.78 is 19.4. The molecule has 0 radical (unpaired) electrons. The molecular weight excluding hydrogens is 361 g/mol. The number of halogens is 2. The predicted molar refractivity (Wildman–Crippen MR) is 92.7 cm³/mol. The van der Waals surface area contributed by atoms with Gasteiger partial charge in [-0.3, -0.25) is 4.79 Å². The fourth-order valence-electron chi connectivity index (χ4n) is 2.05. The zero-order chi connectivity index (χ0) is 16.8. The standard InChI is InChI=1S/C18H17BrFNO2/c1-12(14-5-7-15(19)8-6-14)21-18(22)10-4-13-3-9-17(23-2)16(20)11-13/h3-12H,1-2H3,(H,21,22)/b10-4+. The fraction of sp³-hybridized carbons (Fsp3) is 0.167. The van der Waals surface area contributed by atoms with Crippen LogP contribution in [0.2, 0.25) is 0 Å². The van der Waals surface area contributed by atoms with Gasteiger partial charge in [-0.2, -0.15) is 0 Å². The Labute approximate surface area is 143 Å². The van der Waals surface area contributed by atoms with Crippen molar-refractivity contribution in [2.75, 3.05) is 7.11 Å². The molecule has 23 heavy (non-hydrogen) atoms. The molecule has 2 aromatic rings. The molecule has 0 heterocycles. The van der Waals surface area contributed by atoms with E-state index < -0.39 is 5.82 Å². The fourth-order valence-corrected chi connectivity index (χ4v) is 2.32. The van der Waals surface area contributed by atoms with E-state index >= 15 is 0 Å². The largest absolute Gasteiger partial charge is 0.494 e. The molecular formula is C18H17BrFNO2. The maximum atomic E-state index is 13.6. The van der Waals surface area contributed by atoms with Crippen molar-refractivity contribution in [1.29, 1.82) is 0 Å². The second kappa shape index (κ2) is 7.92. The molecule has 0 aliphatic heterocycles. The lowest BCUT2D eigenvalue weighted by Gasteiger charge is -2.12. The smallest absolute Gasteiger partial charge is 0.244 e. The molecule has 1 unspecified atom stereocenters. The van der Waals surface area contributed by atoms with Crippen LogP contribution in [0.1, 0.15) is 24.1 Å². The molecule has 0 saturated carbocycles. The molecule has 2 aromatic carbocycles. The van der Waals surface area contributed by atoms with E-state index in [1.807, 2.05) is 31.2 Å². The topological polar surface area (TPSA) is 38.3 Å². The highest BCUT2D eigenvalue weighted by Crippen LogP contribution is 2.19. The van der Waals surface area contributed by atoms with Crippen molar-refractivity contribution in [1.82, 2.24) is 5.32 Å². The Morgan fingerprint density at radius 2 is 1.96 bits per heavy atom. The maximum Gasteiger partial charge on any atom is 0.244 e. The van der Waals surface area contributed by atoms with E-state index in [9.17, 15) is 9.18 Å². The van der Waals surface area contributed by atoms with Crippen LogP contribution in [0.15, 0.2) is 53.0 Å². The van der Waals surface area contributed by atoms with Crippen LogP contribution in [-0.2, 0) is 4.79 Å². The molecule has 0 aliphatic rings. The zero-order valence-corrected chi connectivity index (χ0v) is 14.4. The van der Waals surface area contributed by atoms with E-state index in [0.29, 0.717) is 5.56 Å². The van der Waals surface area contributed by atoms with Gasteiger partial charge in [0.2, 0.25) is 5.91 Å². The average Bonchev–Trinajstić information content (AvgIpc) is 2.53. The molecule has 0 aromatic heterocycles. The zero-order valence-electron chi connectivity index (χ0n) is 12.8. The predicted octanol–water partition coefficient (Wildman–Crippen LogP) is 4.49. The summed E-state index contributed by atoms with van der Waals surface area (Å²) in [6.07, 6.45) is 2.95. The summed E-state index contributed by atoms with van der Waals surface area (Å²) >= 11 is 3.37. The lowest BCUT2D eigenvalue weighted by atomic mass is 10.1. The van der Waals surface area contributed by atoms with Gasteiger partial charge in [0, 0.05) is 10.5 Å². The number of ether oxygens (including phenoxy) is 1. The number of methoxy groups -OCH3 is 1. The number of benzene rings is 2. The van der Waals surface area contributed by atoms with Gasteiger partial charge in [0.1, 0.15) is 0 Å². The van der Waals surface area contributed by atoms with Crippen molar-refractivity contribution in [3.05, 3.63) is 70.0 Å². The van der Waals surface area contributed by atoms with E-state index in [2.05, 4.69) is 21.2 Å². The summed E-state index contributed by atoms with van der Waals surface area (Å²) in [6.45, 7) is 1.90. The van der Waals surface area contributed by atoms with Crippen molar-refractivity contribution in [2.24, 2.45) is 0 Å². The van der Waals surface area contributed by atoms with Gasteiger partial charge in [0.25, 0.3) is 0 Å². The molecule has 5 heteroatoms. The van der Waals surface area contributed by atoms with Gasteiger partial charge in [0.15, 0.2) is 11.6 Å². The monoisotopic (exact) mass is 377 g/mol. The van der Waals surface area contributed by atoms with Crippen molar-refractivity contribution < 1.29 is 13.9 Å². The van der Waals surface area contributed by atoms with Crippen LogP contribution < -0.4 is 10.1 Å². The Hall–Kier alpha value is -2.14. The van der Waals surface area contributed by atoms with Crippen LogP contribution in [0.4, 0.5) is 4.39 Å². The van der Waals surface area contributed by atoms with E-state index in [1.54, 1.807) is 12.1 Å². The van der Waals surface area contributed by atoms with Crippen molar-refractivity contribution in [2.45, 2.75) is 13.0 Å². The van der Waals surface area contributed by atoms with E-state index in [0.717, 1.165) is 10.0 Å². The first kappa shape index (κ1) is 17.2. The average molecular weight is 378 g/mol. The van der Waals surface area contributed by atoms with Crippen molar-refractivity contribution >= 4 is 27.9 Å². The van der Waals surface area contributed by atoms with Gasteiger partial charge in [-0.25, -0.2) is 4.39 Å². The first-order valence-electron chi connectivity index (χ1n) is 7.07. The maximum absolute atomic E-state index is 13.6. The van der Waals surface area contributed by atoms with Crippen LogP contribution in [0.25, 0.3) is 6.08 Å². The lowest BCUT2D eigenvalue weighted by Crippen LogP contribution is -2.24. The molecule has 120 valence electrons. The minimum absolute atomic E-state index is 0.118. The Balaban J connectivity index is 1.98. The van der Waals surface area contributed by atoms with Crippen LogP contribution in [0, 0.1) is 5.82 Å². The van der Waals surface area contributed by atoms with Crippen LogP contribution in [0.5, 0.6) is 5.75 Å². The summed E-state index contributed by atoms with van der Waals surface area (Å²) in [6, 6.07) is 12.1. The Kier molecular flexibility index (Phi) is 5.93. The molecule has 1 atom stereocenters. The minimum atomic E-state index is -0.460. The van der Waals surface area contributed by atoms with Gasteiger partial charge in [-0.15, -0.1) is 0 Å². The Morgan fingerprint density at radius 3 is 2.57 bits per heavy atom. The molecule has 1 amide bonds. The van der Waals surface area contributed by atoms with Gasteiger partial charge in [-0.05, 0) is 48.4 Å². The molecule has 0 spiro atoms. The number of rotatable bonds is 5. The number of carbonyl (C=O) groups is 1. The third-order valence-electron chi connectivity index (χ3n) is 3.33. The van der Waals surface area contributed by atoms with Crippen LogP contribution in [0.3, 0.4) is 0 Å². The summed E-state index contributed by atoms with van der Waals surface area (Å²) in [7, 11) is 1.41. The second-order valence-corrected chi connectivity index (χ2v) is 5.92. The van der Waals surface area contributed by atoms with Gasteiger partial charge < -0.3 is 10.1 Å². The van der Waals surface area contributed by atoms with E-state index in [4.69, 9.17) is 4.74 Å². The quantitative estimate of drug-likeness (QED) is 0.779. The number of carbonyl (C=O) groups excluding carboxylic acids is 1. The first-order valence-corrected chi connectivity index (χ1v) is 7.86. The van der Waals surface area contributed by atoms with Gasteiger partial charge >= 0.3 is 0 Å². The highest BCUT2D eigenvalue weighted by atomic mass is 79.9. The van der Waals surface area contributed by atoms with Crippen molar-refractivity contribution in [3.8, 4) is 5.75 Å². The molecule has 0 aliphatic carbocycles. The molecule has 0 fully saturated rings. The van der Waals surface area contributed by atoms with Crippen LogP contribution >= 0.6 is 15.9 Å².